The molecule has 1 aliphatic heterocycles. The van der Waals surface area contributed by atoms with E-state index in [4.69, 9.17) is 4.74 Å². The molecule has 40 heavy (non-hydrogen) atoms. The number of rotatable bonds is 10. The average Bonchev–Trinajstić information content (AvgIpc) is 3.59. The van der Waals surface area contributed by atoms with Gasteiger partial charge in [-0.15, -0.1) is 0 Å². The molecule has 0 aliphatic carbocycles. The Labute approximate surface area is 228 Å². The van der Waals surface area contributed by atoms with Crippen LogP contribution in [0.1, 0.15) is 62.6 Å². The fourth-order valence-corrected chi connectivity index (χ4v) is 4.24. The van der Waals surface area contributed by atoms with E-state index in [0.717, 1.165) is 5.56 Å². The summed E-state index contributed by atoms with van der Waals surface area (Å²) in [6, 6.07) is 5.77. The largest absolute Gasteiger partial charge is 0.455 e. The van der Waals surface area contributed by atoms with Crippen molar-refractivity contribution in [2.45, 2.75) is 71.4 Å². The van der Waals surface area contributed by atoms with Gasteiger partial charge in [-0.1, -0.05) is 63.2 Å². The molecule has 218 valence electrons. The molecular formula is C26H32F3N5O6. The van der Waals surface area contributed by atoms with E-state index in [1.54, 1.807) is 52.0 Å². The van der Waals surface area contributed by atoms with Gasteiger partial charge in [0, 0.05) is 6.54 Å². The van der Waals surface area contributed by atoms with Crippen molar-refractivity contribution in [3.63, 3.8) is 0 Å². The highest BCUT2D eigenvalue weighted by Gasteiger charge is 2.42. The number of halogens is 3. The molecule has 1 aromatic carbocycles. The SMILES string of the molecule is CC(C)C(NC(=O)C1CCCN1C(=O)C(NC(=O)OCc1ccccc1)C(C)C)C(=O)c1nc(C(F)(F)F)no1. The van der Waals surface area contributed by atoms with Gasteiger partial charge < -0.3 is 24.8 Å². The standard InChI is InChI=1S/C26H32F3N5O6/c1-14(2)18(20(35)22-32-24(33-40-22)26(27,28)29)30-21(36)17-11-8-12-34(17)23(37)19(15(3)4)31-25(38)39-13-16-9-6-5-7-10-16/h5-7,9-10,14-15,17-19H,8,11-13H2,1-4H3,(H,30,36)(H,31,38). The normalized spacial score (nSPS) is 17.0. The Bertz CT molecular complexity index is 1200. The van der Waals surface area contributed by atoms with Gasteiger partial charge in [-0.25, -0.2) is 4.79 Å². The van der Waals surface area contributed by atoms with Crippen LogP contribution in [-0.4, -0.2) is 63.4 Å². The van der Waals surface area contributed by atoms with E-state index in [9.17, 15) is 32.3 Å². The number of nitrogens with one attached hydrogen (secondary N) is 2. The Balaban J connectivity index is 1.67. The predicted molar refractivity (Wildman–Crippen MR) is 134 cm³/mol. The second kappa shape index (κ2) is 12.9. The molecule has 0 bridgehead atoms. The first kappa shape index (κ1) is 30.6. The number of ether oxygens (including phenoxy) is 1. The van der Waals surface area contributed by atoms with Crippen molar-refractivity contribution in [2.75, 3.05) is 6.54 Å². The van der Waals surface area contributed by atoms with Crippen molar-refractivity contribution in [1.82, 2.24) is 25.7 Å². The molecule has 14 heteroatoms. The zero-order valence-corrected chi connectivity index (χ0v) is 22.5. The zero-order chi connectivity index (χ0) is 29.6. The average molecular weight is 568 g/mol. The molecule has 11 nitrogen and oxygen atoms in total. The highest BCUT2D eigenvalue weighted by atomic mass is 19.4. The van der Waals surface area contributed by atoms with Crippen LogP contribution in [0.3, 0.4) is 0 Å². The van der Waals surface area contributed by atoms with Crippen LogP contribution in [0.4, 0.5) is 18.0 Å². The van der Waals surface area contributed by atoms with Crippen molar-refractivity contribution in [3.05, 3.63) is 47.6 Å². The fourth-order valence-electron chi connectivity index (χ4n) is 4.24. The van der Waals surface area contributed by atoms with Crippen LogP contribution in [-0.2, 0) is 27.1 Å². The van der Waals surface area contributed by atoms with Crippen LogP contribution in [0.15, 0.2) is 34.9 Å². The lowest BCUT2D eigenvalue weighted by Crippen LogP contribution is -2.57. The number of nitrogens with zero attached hydrogens (tertiary/aromatic N) is 3. The molecule has 2 aromatic rings. The van der Waals surface area contributed by atoms with Crippen molar-refractivity contribution < 1.29 is 41.6 Å². The van der Waals surface area contributed by atoms with Gasteiger partial charge in [-0.2, -0.15) is 18.2 Å². The second-order valence-corrected chi connectivity index (χ2v) is 10.1. The molecule has 0 radical (unpaired) electrons. The van der Waals surface area contributed by atoms with Gasteiger partial charge in [0.25, 0.3) is 11.7 Å². The van der Waals surface area contributed by atoms with Crippen molar-refractivity contribution in [2.24, 2.45) is 11.8 Å². The number of benzene rings is 1. The zero-order valence-electron chi connectivity index (χ0n) is 22.5. The van der Waals surface area contributed by atoms with Crippen molar-refractivity contribution >= 4 is 23.7 Å². The van der Waals surface area contributed by atoms with E-state index in [1.165, 1.54) is 4.90 Å². The summed E-state index contributed by atoms with van der Waals surface area (Å²) in [5.74, 6) is -5.52. The van der Waals surface area contributed by atoms with Crippen LogP contribution in [0.2, 0.25) is 0 Å². The molecule has 3 rings (SSSR count). The Kier molecular flexibility index (Phi) is 9.88. The van der Waals surface area contributed by atoms with Gasteiger partial charge in [0.1, 0.15) is 18.7 Å². The first-order valence-corrected chi connectivity index (χ1v) is 12.8. The molecule has 3 atom stereocenters. The minimum Gasteiger partial charge on any atom is -0.445 e. The fraction of sp³-hybridized carbons (Fsp3) is 0.538. The minimum absolute atomic E-state index is 0.00948. The summed E-state index contributed by atoms with van der Waals surface area (Å²) < 4.78 is 48.3. The summed E-state index contributed by atoms with van der Waals surface area (Å²) >= 11 is 0. The van der Waals surface area contributed by atoms with Gasteiger partial charge in [0.2, 0.25) is 17.6 Å². The topological polar surface area (TPSA) is 144 Å². The third kappa shape index (κ3) is 7.57. The number of ketones is 1. The third-order valence-electron chi connectivity index (χ3n) is 6.39. The van der Waals surface area contributed by atoms with E-state index < -0.39 is 65.6 Å². The maximum Gasteiger partial charge on any atom is 0.455 e. The Morgan fingerprint density at radius 3 is 2.27 bits per heavy atom. The van der Waals surface area contributed by atoms with Crippen molar-refractivity contribution in [1.29, 1.82) is 0 Å². The number of carbonyl (C=O) groups is 4. The molecule has 1 aliphatic rings. The monoisotopic (exact) mass is 567 g/mol. The number of hydrogen-bond acceptors (Lipinski definition) is 8. The van der Waals surface area contributed by atoms with Crippen LogP contribution >= 0.6 is 0 Å². The molecule has 0 spiro atoms. The molecule has 1 saturated heterocycles. The third-order valence-corrected chi connectivity index (χ3v) is 6.39. The molecule has 0 saturated carbocycles. The number of Topliss-reactive ketones (excluding diaryl/α,β-unsaturated/α-hetero) is 1. The Morgan fingerprint density at radius 2 is 1.70 bits per heavy atom. The first-order valence-electron chi connectivity index (χ1n) is 12.8. The number of aromatic nitrogens is 2. The van der Waals surface area contributed by atoms with E-state index in [1.807, 2.05) is 6.07 Å². The molecule has 1 fully saturated rings. The summed E-state index contributed by atoms with van der Waals surface area (Å²) in [6.07, 6.45) is -4.91. The van der Waals surface area contributed by atoms with Gasteiger partial charge in [-0.05, 0) is 30.2 Å². The molecule has 2 heterocycles. The molecular weight excluding hydrogens is 535 g/mol. The summed E-state index contributed by atoms with van der Waals surface area (Å²) in [6.45, 7) is 6.88. The Morgan fingerprint density at radius 1 is 1.05 bits per heavy atom. The lowest BCUT2D eigenvalue weighted by atomic mass is 9.98. The first-order chi connectivity index (χ1) is 18.8. The van der Waals surface area contributed by atoms with Crippen LogP contribution in [0.5, 0.6) is 0 Å². The quantitative estimate of drug-likeness (QED) is 0.416. The van der Waals surface area contributed by atoms with Crippen LogP contribution < -0.4 is 10.6 Å². The lowest BCUT2D eigenvalue weighted by molar-refractivity contribution is -0.146. The number of hydrogen-bond donors (Lipinski definition) is 2. The highest BCUT2D eigenvalue weighted by Crippen LogP contribution is 2.27. The number of alkyl carbamates (subject to hydrolysis) is 1. The maximum atomic E-state index is 13.5. The highest BCUT2D eigenvalue weighted by molar-refractivity contribution is 6.00. The number of amides is 3. The smallest absolute Gasteiger partial charge is 0.445 e. The summed E-state index contributed by atoms with van der Waals surface area (Å²) in [7, 11) is 0. The molecule has 2 N–H and O–H groups in total. The second-order valence-electron chi connectivity index (χ2n) is 10.1. The van der Waals surface area contributed by atoms with E-state index in [0.29, 0.717) is 12.8 Å². The number of likely N-dealkylation sites (tertiary alicyclic amines) is 1. The molecule has 1 aromatic heterocycles. The van der Waals surface area contributed by atoms with Crippen LogP contribution in [0.25, 0.3) is 0 Å². The predicted octanol–water partition coefficient (Wildman–Crippen LogP) is 3.35. The summed E-state index contributed by atoms with van der Waals surface area (Å²) in [4.78, 5) is 56.4. The maximum absolute atomic E-state index is 13.5. The number of carbonyl (C=O) groups excluding carboxylic acids is 4. The molecule has 3 amide bonds. The van der Waals surface area contributed by atoms with E-state index in [2.05, 4.69) is 25.3 Å². The van der Waals surface area contributed by atoms with E-state index >= 15 is 0 Å². The van der Waals surface area contributed by atoms with Crippen molar-refractivity contribution in [3.8, 4) is 0 Å². The lowest BCUT2D eigenvalue weighted by Gasteiger charge is -2.31. The van der Waals surface area contributed by atoms with Gasteiger partial charge >= 0.3 is 12.3 Å². The summed E-state index contributed by atoms with van der Waals surface area (Å²) in [5, 5.41) is 7.90. The van der Waals surface area contributed by atoms with Gasteiger partial charge in [-0.3, -0.25) is 14.4 Å². The summed E-state index contributed by atoms with van der Waals surface area (Å²) in [5.41, 5.74) is 0.769. The Hall–Kier alpha value is -3.97. The van der Waals surface area contributed by atoms with Crippen LogP contribution in [0, 0.1) is 11.8 Å². The van der Waals surface area contributed by atoms with E-state index in [-0.39, 0.29) is 19.1 Å². The number of alkyl halides is 3. The van der Waals surface area contributed by atoms with Gasteiger partial charge in [0.15, 0.2) is 0 Å². The molecule has 3 unspecified atom stereocenters. The minimum atomic E-state index is -4.90. The van der Waals surface area contributed by atoms with Gasteiger partial charge in [0.05, 0.1) is 6.04 Å².